The van der Waals surface area contributed by atoms with Crippen LogP contribution in [0.15, 0.2) is 53.9 Å². The number of hydrogen-bond acceptors (Lipinski definition) is 6. The molecule has 1 aromatic carbocycles. The standard InChI is InChI=1S/C27H29ClFN7O/c1-15-12-32-25(37-2)11-20(15)16-9-24-26(34-19-6-4-18(30)5-7-19)21(13-33-36(24)14-16)27(31)35-23-10-17(29)3-8-22(23)28/h3,8-14,18-19,34H,4-7,30H2,1-2H3,(H2,31,35)/t18-,19-. The Morgan fingerprint density at radius 3 is 2.73 bits per heavy atom. The molecule has 0 aliphatic heterocycles. The molecule has 8 nitrogen and oxygen atoms in total. The first-order valence-electron chi connectivity index (χ1n) is 12.2. The fraction of sp³-hybridized carbons (Fsp3) is 0.296. The van der Waals surface area contributed by atoms with Crippen molar-refractivity contribution in [2.24, 2.45) is 16.5 Å². The van der Waals surface area contributed by atoms with E-state index in [1.54, 1.807) is 19.5 Å². The number of nitrogens with one attached hydrogen (secondary N) is 1. The van der Waals surface area contributed by atoms with Gasteiger partial charge in [-0.1, -0.05) is 11.6 Å². The fourth-order valence-electron chi connectivity index (χ4n) is 4.71. The summed E-state index contributed by atoms with van der Waals surface area (Å²) in [7, 11) is 1.59. The van der Waals surface area contributed by atoms with E-state index in [0.717, 1.165) is 53.6 Å². The first-order valence-corrected chi connectivity index (χ1v) is 12.5. The number of rotatable bonds is 6. The Kier molecular flexibility index (Phi) is 6.99. The van der Waals surface area contributed by atoms with Crippen LogP contribution < -0.4 is 21.5 Å². The summed E-state index contributed by atoms with van der Waals surface area (Å²) in [4.78, 5) is 8.74. The van der Waals surface area contributed by atoms with Crippen LogP contribution >= 0.6 is 11.6 Å². The molecule has 0 atom stereocenters. The fourth-order valence-corrected chi connectivity index (χ4v) is 4.87. The van der Waals surface area contributed by atoms with Gasteiger partial charge in [-0.25, -0.2) is 18.9 Å². The number of nitrogens with zero attached hydrogens (tertiary/aromatic N) is 4. The molecule has 0 saturated heterocycles. The molecule has 5 N–H and O–H groups in total. The number of pyridine rings is 1. The average molecular weight is 522 g/mol. The van der Waals surface area contributed by atoms with Crippen molar-refractivity contribution in [3.05, 3.63) is 70.9 Å². The van der Waals surface area contributed by atoms with E-state index in [2.05, 4.69) is 26.5 Å². The SMILES string of the molecule is COc1cc(-c2cc3c(N[C@H]4CC[C@H](N)CC4)c(/C(N)=N/c4cc(F)ccc4Cl)cnn3c2)c(C)cn1. The molecule has 37 heavy (non-hydrogen) atoms. The first kappa shape index (κ1) is 25.0. The van der Waals surface area contributed by atoms with Crippen molar-refractivity contribution >= 4 is 34.3 Å². The van der Waals surface area contributed by atoms with E-state index in [0.29, 0.717) is 16.5 Å². The molecule has 3 heterocycles. The molecule has 1 aliphatic rings. The number of ether oxygens (including phenoxy) is 1. The second-order valence-corrected chi connectivity index (χ2v) is 9.79. The summed E-state index contributed by atoms with van der Waals surface area (Å²) in [5.41, 5.74) is 18.1. The highest BCUT2D eigenvalue weighted by Crippen LogP contribution is 2.34. The van der Waals surface area contributed by atoms with Gasteiger partial charge >= 0.3 is 0 Å². The normalized spacial score (nSPS) is 18.2. The highest BCUT2D eigenvalue weighted by molar-refractivity contribution is 6.33. The van der Waals surface area contributed by atoms with Crippen LogP contribution in [0.2, 0.25) is 5.02 Å². The van der Waals surface area contributed by atoms with Gasteiger partial charge in [0.1, 0.15) is 11.7 Å². The molecule has 5 rings (SSSR count). The topological polar surface area (TPSA) is 116 Å². The van der Waals surface area contributed by atoms with E-state index >= 15 is 0 Å². The maximum absolute atomic E-state index is 13.9. The van der Waals surface area contributed by atoms with Gasteiger partial charge < -0.3 is 21.5 Å². The second kappa shape index (κ2) is 10.4. The van der Waals surface area contributed by atoms with Crippen LogP contribution in [0.3, 0.4) is 0 Å². The third-order valence-corrected chi connectivity index (χ3v) is 7.10. The van der Waals surface area contributed by atoms with Crippen LogP contribution in [-0.2, 0) is 0 Å². The Labute approximate surface area is 219 Å². The van der Waals surface area contributed by atoms with E-state index in [1.807, 2.05) is 23.7 Å². The van der Waals surface area contributed by atoms with Crippen molar-refractivity contribution in [1.82, 2.24) is 14.6 Å². The van der Waals surface area contributed by atoms with Gasteiger partial charge in [-0.05, 0) is 61.9 Å². The van der Waals surface area contributed by atoms with Gasteiger partial charge in [0, 0.05) is 42.2 Å². The molecule has 0 radical (unpaired) electrons. The molecule has 0 amide bonds. The quantitative estimate of drug-likeness (QED) is 0.236. The summed E-state index contributed by atoms with van der Waals surface area (Å²) >= 11 is 6.25. The minimum Gasteiger partial charge on any atom is -0.481 e. The lowest BCUT2D eigenvalue weighted by molar-refractivity contribution is 0.398. The number of fused-ring (bicyclic) bond motifs is 1. The molecule has 192 valence electrons. The number of amidine groups is 1. The van der Waals surface area contributed by atoms with Gasteiger partial charge in [-0.15, -0.1) is 0 Å². The van der Waals surface area contributed by atoms with E-state index in [-0.39, 0.29) is 23.6 Å². The lowest BCUT2D eigenvalue weighted by atomic mass is 9.91. The van der Waals surface area contributed by atoms with Gasteiger partial charge in [0.15, 0.2) is 0 Å². The maximum Gasteiger partial charge on any atom is 0.213 e. The number of aliphatic imine (C=N–C) groups is 1. The van der Waals surface area contributed by atoms with Crippen LogP contribution in [0.1, 0.15) is 36.8 Å². The molecule has 1 fully saturated rings. The molecule has 3 aromatic heterocycles. The summed E-state index contributed by atoms with van der Waals surface area (Å²) < 4.78 is 21.0. The molecular formula is C27H29ClFN7O. The van der Waals surface area contributed by atoms with E-state index in [4.69, 9.17) is 27.8 Å². The van der Waals surface area contributed by atoms with Crippen LogP contribution in [0.25, 0.3) is 16.6 Å². The lowest BCUT2D eigenvalue weighted by Crippen LogP contribution is -2.33. The summed E-state index contributed by atoms with van der Waals surface area (Å²) in [6, 6.07) is 8.40. The predicted octanol–water partition coefficient (Wildman–Crippen LogP) is 5.22. The molecule has 10 heteroatoms. The maximum atomic E-state index is 13.9. The Hall–Kier alpha value is -3.69. The summed E-state index contributed by atoms with van der Waals surface area (Å²) in [5.74, 6) is 0.271. The zero-order valence-electron chi connectivity index (χ0n) is 20.7. The lowest BCUT2D eigenvalue weighted by Gasteiger charge is -2.28. The second-order valence-electron chi connectivity index (χ2n) is 9.38. The average Bonchev–Trinajstić information content (AvgIpc) is 3.32. The third kappa shape index (κ3) is 5.23. The minimum absolute atomic E-state index is 0.182. The number of benzene rings is 1. The van der Waals surface area contributed by atoms with E-state index in [9.17, 15) is 4.39 Å². The van der Waals surface area contributed by atoms with Crippen LogP contribution in [-0.4, -0.2) is 39.6 Å². The van der Waals surface area contributed by atoms with Crippen molar-refractivity contribution < 1.29 is 9.13 Å². The number of anilines is 1. The van der Waals surface area contributed by atoms with Crippen molar-refractivity contribution in [2.45, 2.75) is 44.7 Å². The van der Waals surface area contributed by atoms with Gasteiger partial charge in [-0.3, -0.25) is 0 Å². The number of methoxy groups -OCH3 is 1. The molecule has 1 aliphatic carbocycles. The Morgan fingerprint density at radius 2 is 1.97 bits per heavy atom. The number of nitrogens with two attached hydrogens (primary N) is 2. The van der Waals surface area contributed by atoms with Gasteiger partial charge in [0.2, 0.25) is 5.88 Å². The van der Waals surface area contributed by atoms with Crippen molar-refractivity contribution in [3.63, 3.8) is 0 Å². The summed E-state index contributed by atoms with van der Waals surface area (Å²) in [5, 5.41) is 8.60. The van der Waals surface area contributed by atoms with E-state index in [1.165, 1.54) is 18.2 Å². The van der Waals surface area contributed by atoms with Crippen LogP contribution in [0, 0.1) is 12.7 Å². The number of aryl methyl sites for hydroxylation is 1. The Bertz CT molecular complexity index is 1480. The molecular weight excluding hydrogens is 493 g/mol. The monoisotopic (exact) mass is 521 g/mol. The first-order chi connectivity index (χ1) is 17.8. The number of hydrogen-bond donors (Lipinski definition) is 3. The van der Waals surface area contributed by atoms with Crippen LogP contribution in [0.4, 0.5) is 15.8 Å². The minimum atomic E-state index is -0.444. The van der Waals surface area contributed by atoms with Gasteiger partial charge in [-0.2, -0.15) is 5.10 Å². The zero-order valence-corrected chi connectivity index (χ0v) is 21.5. The zero-order chi connectivity index (χ0) is 26.1. The highest BCUT2D eigenvalue weighted by atomic mass is 35.5. The third-order valence-electron chi connectivity index (χ3n) is 6.78. The molecule has 0 spiro atoms. The van der Waals surface area contributed by atoms with Crippen molar-refractivity contribution in [1.29, 1.82) is 0 Å². The molecule has 1 saturated carbocycles. The van der Waals surface area contributed by atoms with E-state index < -0.39 is 5.82 Å². The number of halogens is 2. The van der Waals surface area contributed by atoms with Crippen molar-refractivity contribution in [3.8, 4) is 17.0 Å². The summed E-state index contributed by atoms with van der Waals surface area (Å²) in [6.07, 6.45) is 9.18. The number of aromatic nitrogens is 3. The largest absolute Gasteiger partial charge is 0.481 e. The van der Waals surface area contributed by atoms with Crippen molar-refractivity contribution in [2.75, 3.05) is 12.4 Å². The predicted molar refractivity (Wildman–Crippen MR) is 145 cm³/mol. The summed E-state index contributed by atoms with van der Waals surface area (Å²) in [6.45, 7) is 2.00. The molecule has 0 bridgehead atoms. The Morgan fingerprint density at radius 1 is 1.19 bits per heavy atom. The highest BCUT2D eigenvalue weighted by Gasteiger charge is 2.22. The Balaban J connectivity index is 1.63. The molecule has 0 unspecified atom stereocenters. The van der Waals surface area contributed by atoms with Gasteiger partial charge in [0.05, 0.1) is 40.8 Å². The van der Waals surface area contributed by atoms with Gasteiger partial charge in [0.25, 0.3) is 0 Å². The van der Waals surface area contributed by atoms with Crippen LogP contribution in [0.5, 0.6) is 5.88 Å². The smallest absolute Gasteiger partial charge is 0.213 e. The molecule has 4 aromatic rings.